The molecule has 1 aliphatic rings. The van der Waals surface area contributed by atoms with Crippen LogP contribution in [-0.2, 0) is 4.79 Å². The lowest BCUT2D eigenvalue weighted by Gasteiger charge is -2.20. The van der Waals surface area contributed by atoms with Gasteiger partial charge < -0.3 is 15.4 Å². The third-order valence-electron chi connectivity index (χ3n) is 5.31. The summed E-state index contributed by atoms with van der Waals surface area (Å²) >= 11 is 6.08. The van der Waals surface area contributed by atoms with Crippen LogP contribution in [0.2, 0.25) is 5.02 Å². The van der Waals surface area contributed by atoms with Gasteiger partial charge in [0.25, 0.3) is 0 Å². The van der Waals surface area contributed by atoms with E-state index in [1.165, 1.54) is 25.5 Å². The molecular formula is C23H30ClN5O3. The van der Waals surface area contributed by atoms with E-state index >= 15 is 0 Å². The predicted octanol–water partition coefficient (Wildman–Crippen LogP) is 4.94. The molecule has 3 N–H and O–H groups in total. The second-order valence-corrected chi connectivity index (χ2v) is 8.46. The molecule has 0 spiro atoms. The zero-order valence-corrected chi connectivity index (χ0v) is 19.1. The number of benzene rings is 1. The Kier molecular flexibility index (Phi) is 9.10. The quantitative estimate of drug-likeness (QED) is 0.460. The number of rotatable bonds is 9. The second kappa shape index (κ2) is 12.2. The van der Waals surface area contributed by atoms with E-state index in [4.69, 9.17) is 16.3 Å². The Hall–Kier alpha value is -2.87. The van der Waals surface area contributed by atoms with Gasteiger partial charge in [-0.3, -0.25) is 15.1 Å². The van der Waals surface area contributed by atoms with Gasteiger partial charge in [-0.25, -0.2) is 9.78 Å². The fourth-order valence-corrected chi connectivity index (χ4v) is 3.83. The van der Waals surface area contributed by atoms with E-state index in [1.54, 1.807) is 24.4 Å². The molecule has 1 fully saturated rings. The van der Waals surface area contributed by atoms with Crippen molar-refractivity contribution in [3.8, 4) is 5.75 Å². The van der Waals surface area contributed by atoms with E-state index in [9.17, 15) is 9.59 Å². The molecule has 3 amide bonds. The number of carbonyl (C=O) groups excluding carboxylic acids is 2. The summed E-state index contributed by atoms with van der Waals surface area (Å²) in [6.45, 7) is 2.76. The first-order valence-corrected chi connectivity index (χ1v) is 11.4. The summed E-state index contributed by atoms with van der Waals surface area (Å²) in [5.41, 5.74) is 1.20. The van der Waals surface area contributed by atoms with E-state index in [1.807, 2.05) is 6.92 Å². The Balaban J connectivity index is 1.42. The second-order valence-electron chi connectivity index (χ2n) is 8.02. The molecule has 1 aliphatic carbocycles. The molecule has 9 heteroatoms. The molecule has 8 nitrogen and oxygen atoms in total. The number of aromatic nitrogens is 2. The highest BCUT2D eigenvalue weighted by Gasteiger charge is 2.16. The smallest absolute Gasteiger partial charge is 0.325 e. The van der Waals surface area contributed by atoms with E-state index in [-0.39, 0.29) is 5.91 Å². The first kappa shape index (κ1) is 23.8. The number of urea groups is 1. The largest absolute Gasteiger partial charge is 0.491 e. The minimum Gasteiger partial charge on any atom is -0.491 e. The summed E-state index contributed by atoms with van der Waals surface area (Å²) in [4.78, 5) is 32.6. The standard InChI is InChI=1S/C23H30ClN5O3/c1-16-14-27-21(15-26-16)29-23(31)28-19-13-18(24)8-9-20(19)32-11-5-10-25-22(30)12-17-6-3-2-4-7-17/h8-9,13-15,17H,2-7,10-12H2,1H3,(H,25,30)(H2,27,28,29,31). The molecule has 2 aromatic rings. The molecule has 0 bridgehead atoms. The number of amides is 3. The lowest BCUT2D eigenvalue weighted by Crippen LogP contribution is -2.28. The number of nitrogens with zero attached hydrogens (tertiary/aromatic N) is 2. The molecule has 172 valence electrons. The maximum absolute atomic E-state index is 12.3. The van der Waals surface area contributed by atoms with Crippen molar-refractivity contribution >= 4 is 35.0 Å². The highest BCUT2D eigenvalue weighted by atomic mass is 35.5. The number of ether oxygens (including phenoxy) is 1. The Morgan fingerprint density at radius 1 is 1.12 bits per heavy atom. The molecule has 1 heterocycles. The van der Waals surface area contributed by atoms with Gasteiger partial charge in [-0.15, -0.1) is 0 Å². The van der Waals surface area contributed by atoms with Crippen LogP contribution in [0.4, 0.5) is 16.3 Å². The fourth-order valence-electron chi connectivity index (χ4n) is 3.66. The molecule has 32 heavy (non-hydrogen) atoms. The number of nitrogens with one attached hydrogen (secondary N) is 3. The SMILES string of the molecule is Cc1cnc(NC(=O)Nc2cc(Cl)ccc2OCCCNC(=O)CC2CCCCC2)cn1. The van der Waals surface area contributed by atoms with Gasteiger partial charge in [0.1, 0.15) is 5.75 Å². The van der Waals surface area contributed by atoms with Crippen LogP contribution in [0.25, 0.3) is 0 Å². The van der Waals surface area contributed by atoms with E-state index in [2.05, 4.69) is 25.9 Å². The topological polar surface area (TPSA) is 105 Å². The lowest BCUT2D eigenvalue weighted by atomic mass is 9.87. The predicted molar refractivity (Wildman–Crippen MR) is 125 cm³/mol. The monoisotopic (exact) mass is 459 g/mol. The van der Waals surface area contributed by atoms with Crippen molar-refractivity contribution in [3.05, 3.63) is 41.3 Å². The van der Waals surface area contributed by atoms with Gasteiger partial charge in [-0.2, -0.15) is 0 Å². The van der Waals surface area contributed by atoms with Crippen LogP contribution in [0.5, 0.6) is 5.75 Å². The third-order valence-corrected chi connectivity index (χ3v) is 5.55. The zero-order chi connectivity index (χ0) is 22.8. The van der Waals surface area contributed by atoms with Crippen molar-refractivity contribution in [1.29, 1.82) is 0 Å². The Bertz CT molecular complexity index is 901. The van der Waals surface area contributed by atoms with Crippen molar-refractivity contribution in [2.24, 2.45) is 5.92 Å². The van der Waals surface area contributed by atoms with Gasteiger partial charge in [-0.05, 0) is 50.3 Å². The van der Waals surface area contributed by atoms with Crippen LogP contribution in [0, 0.1) is 12.8 Å². The normalized spacial score (nSPS) is 13.9. The number of hydrogen-bond donors (Lipinski definition) is 3. The minimum absolute atomic E-state index is 0.113. The number of halogens is 1. The van der Waals surface area contributed by atoms with Crippen molar-refractivity contribution in [1.82, 2.24) is 15.3 Å². The Labute approximate surface area is 193 Å². The molecule has 0 unspecified atom stereocenters. The molecule has 1 aromatic carbocycles. The number of aryl methyl sites for hydroxylation is 1. The summed E-state index contributed by atoms with van der Waals surface area (Å²) in [6.07, 6.45) is 10.4. The van der Waals surface area contributed by atoms with Crippen molar-refractivity contribution in [3.63, 3.8) is 0 Å². The molecule has 1 saturated carbocycles. The van der Waals surface area contributed by atoms with Crippen LogP contribution >= 0.6 is 11.6 Å². The Morgan fingerprint density at radius 3 is 2.69 bits per heavy atom. The first-order valence-electron chi connectivity index (χ1n) is 11.1. The van der Waals surface area contributed by atoms with E-state index < -0.39 is 6.03 Å². The summed E-state index contributed by atoms with van der Waals surface area (Å²) < 4.78 is 5.81. The Morgan fingerprint density at radius 2 is 1.94 bits per heavy atom. The van der Waals surface area contributed by atoms with Crippen LogP contribution in [-0.4, -0.2) is 35.1 Å². The van der Waals surface area contributed by atoms with Crippen LogP contribution in [0.3, 0.4) is 0 Å². The molecule has 3 rings (SSSR count). The van der Waals surface area contributed by atoms with Crippen molar-refractivity contribution in [2.75, 3.05) is 23.8 Å². The summed E-state index contributed by atoms with van der Waals surface area (Å²) in [7, 11) is 0. The van der Waals surface area contributed by atoms with Gasteiger partial charge in [-0.1, -0.05) is 30.9 Å². The molecule has 0 aliphatic heterocycles. The summed E-state index contributed by atoms with van der Waals surface area (Å²) in [5, 5.41) is 8.78. The summed E-state index contributed by atoms with van der Waals surface area (Å²) in [5.74, 6) is 1.47. The van der Waals surface area contributed by atoms with E-state index in [0.717, 1.165) is 18.5 Å². The lowest BCUT2D eigenvalue weighted by molar-refractivity contribution is -0.122. The zero-order valence-electron chi connectivity index (χ0n) is 18.3. The maximum Gasteiger partial charge on any atom is 0.325 e. The van der Waals surface area contributed by atoms with Crippen LogP contribution < -0.4 is 20.7 Å². The number of carbonyl (C=O) groups is 2. The summed E-state index contributed by atoms with van der Waals surface area (Å²) in [6, 6.07) is 4.52. The van der Waals surface area contributed by atoms with Crippen LogP contribution in [0.15, 0.2) is 30.6 Å². The van der Waals surface area contributed by atoms with Crippen molar-refractivity contribution in [2.45, 2.75) is 51.9 Å². The van der Waals surface area contributed by atoms with Crippen LogP contribution in [0.1, 0.15) is 50.6 Å². The van der Waals surface area contributed by atoms with Gasteiger partial charge >= 0.3 is 6.03 Å². The molecule has 0 saturated heterocycles. The molecular weight excluding hydrogens is 430 g/mol. The number of hydrogen-bond acceptors (Lipinski definition) is 5. The fraction of sp³-hybridized carbons (Fsp3) is 0.478. The highest BCUT2D eigenvalue weighted by molar-refractivity contribution is 6.31. The molecule has 1 aromatic heterocycles. The molecule has 0 radical (unpaired) electrons. The van der Waals surface area contributed by atoms with Crippen molar-refractivity contribution < 1.29 is 14.3 Å². The third kappa shape index (κ3) is 8.00. The first-order chi connectivity index (χ1) is 15.5. The average molecular weight is 460 g/mol. The van der Waals surface area contributed by atoms with Gasteiger partial charge in [0, 0.05) is 18.0 Å². The highest BCUT2D eigenvalue weighted by Crippen LogP contribution is 2.28. The van der Waals surface area contributed by atoms with Gasteiger partial charge in [0.15, 0.2) is 5.82 Å². The van der Waals surface area contributed by atoms with E-state index in [0.29, 0.717) is 54.2 Å². The average Bonchev–Trinajstić information content (AvgIpc) is 2.77. The molecule has 0 atom stereocenters. The number of anilines is 2. The van der Waals surface area contributed by atoms with Gasteiger partial charge in [0.05, 0.1) is 30.4 Å². The van der Waals surface area contributed by atoms with Gasteiger partial charge in [0.2, 0.25) is 5.91 Å². The minimum atomic E-state index is -0.481. The maximum atomic E-state index is 12.3.